The Morgan fingerprint density at radius 2 is 1.85 bits per heavy atom. The molecule has 0 radical (unpaired) electrons. The van der Waals surface area contributed by atoms with Crippen LogP contribution >= 0.6 is 0 Å². The van der Waals surface area contributed by atoms with Crippen LogP contribution in [0, 0.1) is 18.8 Å². The average Bonchev–Trinajstić information content (AvgIpc) is 2.78. The van der Waals surface area contributed by atoms with Crippen LogP contribution in [0.25, 0.3) is 10.9 Å². The molecule has 2 aliphatic carbocycles. The molecule has 2 aromatic heterocycles. The number of nitrogens with one attached hydrogen (secondary N) is 2. The zero-order valence-electron chi connectivity index (χ0n) is 19.6. The first-order valence-electron chi connectivity index (χ1n) is 11.9. The molecule has 2 heterocycles. The maximum atomic E-state index is 13.3. The van der Waals surface area contributed by atoms with E-state index in [-0.39, 0.29) is 35.3 Å². The van der Waals surface area contributed by atoms with Gasteiger partial charge in [-0.15, -0.1) is 0 Å². The summed E-state index contributed by atoms with van der Waals surface area (Å²) in [4.78, 5) is 42.8. The predicted molar refractivity (Wildman–Crippen MR) is 125 cm³/mol. The van der Waals surface area contributed by atoms with Crippen molar-refractivity contribution in [3.63, 3.8) is 0 Å². The smallest absolute Gasteiger partial charge is 0.321 e. The number of pyridine rings is 2. The molecule has 0 spiro atoms. The summed E-state index contributed by atoms with van der Waals surface area (Å²) in [7, 11) is 1.77. The monoisotopic (exact) mass is 456 g/mol. The molecule has 0 aromatic carbocycles. The van der Waals surface area contributed by atoms with E-state index >= 15 is 0 Å². The van der Waals surface area contributed by atoms with Gasteiger partial charge in [-0.2, -0.15) is 0 Å². The standard InChI is InChI=1S/C25H33FN4O3/c1-14-4-5-16(23(31)29-25(33)28-19-8-6-18(26)7-9-19)11-20(14)21-12-17-13-27-15(2)10-22(17)30(3)24(21)32/h10,12-14,16,18-20H,4-9,11H2,1-3H3,(H2,28,29,31,33). The van der Waals surface area contributed by atoms with Crippen LogP contribution in [0.2, 0.25) is 0 Å². The summed E-state index contributed by atoms with van der Waals surface area (Å²) < 4.78 is 15.0. The van der Waals surface area contributed by atoms with Gasteiger partial charge in [-0.3, -0.25) is 19.9 Å². The molecule has 2 aliphatic rings. The highest BCUT2D eigenvalue weighted by atomic mass is 19.1. The molecule has 0 saturated heterocycles. The Hall–Kier alpha value is -2.77. The van der Waals surface area contributed by atoms with Crippen molar-refractivity contribution in [3.05, 3.63) is 39.9 Å². The van der Waals surface area contributed by atoms with E-state index in [9.17, 15) is 18.8 Å². The van der Waals surface area contributed by atoms with Crippen molar-refractivity contribution in [2.45, 2.75) is 76.9 Å². The average molecular weight is 457 g/mol. The molecule has 178 valence electrons. The fraction of sp³-hybridized carbons (Fsp3) is 0.600. The lowest BCUT2D eigenvalue weighted by atomic mass is 9.71. The van der Waals surface area contributed by atoms with E-state index in [1.165, 1.54) is 0 Å². The first-order chi connectivity index (χ1) is 15.7. The van der Waals surface area contributed by atoms with Crippen molar-refractivity contribution < 1.29 is 14.0 Å². The summed E-state index contributed by atoms with van der Waals surface area (Å²) >= 11 is 0. The lowest BCUT2D eigenvalue weighted by Crippen LogP contribution is -2.48. The Morgan fingerprint density at radius 3 is 2.58 bits per heavy atom. The Morgan fingerprint density at radius 1 is 1.12 bits per heavy atom. The third-order valence-corrected chi connectivity index (χ3v) is 7.47. The molecule has 2 fully saturated rings. The molecule has 2 N–H and O–H groups in total. The number of aromatic nitrogens is 2. The van der Waals surface area contributed by atoms with Gasteiger partial charge in [-0.1, -0.05) is 6.92 Å². The van der Waals surface area contributed by atoms with Crippen LogP contribution in [0.4, 0.5) is 9.18 Å². The molecule has 2 aromatic rings. The van der Waals surface area contributed by atoms with Gasteiger partial charge >= 0.3 is 6.03 Å². The van der Waals surface area contributed by atoms with Crippen molar-refractivity contribution in [1.82, 2.24) is 20.2 Å². The lowest BCUT2D eigenvalue weighted by Gasteiger charge is -2.34. The van der Waals surface area contributed by atoms with E-state index in [2.05, 4.69) is 22.5 Å². The van der Waals surface area contributed by atoms with Gasteiger partial charge in [0, 0.05) is 41.8 Å². The number of rotatable bonds is 3. The number of hydrogen-bond donors (Lipinski definition) is 2. The molecule has 2 saturated carbocycles. The number of hydrogen-bond acceptors (Lipinski definition) is 4. The Bertz CT molecular complexity index is 1110. The normalized spacial score (nSPS) is 27.8. The number of aryl methyl sites for hydroxylation is 2. The maximum Gasteiger partial charge on any atom is 0.321 e. The summed E-state index contributed by atoms with van der Waals surface area (Å²) in [6, 6.07) is 3.21. The second kappa shape index (κ2) is 9.61. The van der Waals surface area contributed by atoms with Gasteiger partial charge in [0.2, 0.25) is 5.91 Å². The summed E-state index contributed by atoms with van der Waals surface area (Å²) in [6.45, 7) is 4.01. The van der Waals surface area contributed by atoms with Crippen molar-refractivity contribution in [3.8, 4) is 0 Å². The molecule has 0 aliphatic heterocycles. The molecule has 3 unspecified atom stereocenters. The molecule has 3 atom stereocenters. The van der Waals surface area contributed by atoms with E-state index in [1.807, 2.05) is 19.1 Å². The predicted octanol–water partition coefficient (Wildman–Crippen LogP) is 3.87. The van der Waals surface area contributed by atoms with Gasteiger partial charge in [0.1, 0.15) is 6.17 Å². The van der Waals surface area contributed by atoms with Crippen molar-refractivity contribution in [2.24, 2.45) is 18.9 Å². The first kappa shape index (κ1) is 23.4. The van der Waals surface area contributed by atoms with Crippen LogP contribution in [-0.4, -0.2) is 33.7 Å². The van der Waals surface area contributed by atoms with E-state index in [1.54, 1.807) is 17.8 Å². The molecule has 4 rings (SSSR count). The number of carbonyl (C=O) groups excluding carboxylic acids is 2. The fourth-order valence-electron chi connectivity index (χ4n) is 5.38. The van der Waals surface area contributed by atoms with Gasteiger partial charge in [-0.05, 0) is 75.8 Å². The Kier molecular flexibility index (Phi) is 6.81. The molecule has 33 heavy (non-hydrogen) atoms. The molecular formula is C25H33FN4O3. The molecule has 8 heteroatoms. The third kappa shape index (κ3) is 5.09. The molecule has 7 nitrogen and oxygen atoms in total. The number of amides is 3. The number of fused-ring (bicyclic) bond motifs is 1. The Balaban J connectivity index is 1.46. The minimum Gasteiger partial charge on any atom is -0.335 e. The van der Waals surface area contributed by atoms with Crippen LogP contribution in [-0.2, 0) is 11.8 Å². The van der Waals surface area contributed by atoms with Crippen LogP contribution < -0.4 is 16.2 Å². The van der Waals surface area contributed by atoms with E-state index in [0.717, 1.165) is 23.0 Å². The van der Waals surface area contributed by atoms with Gasteiger partial charge in [-0.25, -0.2) is 9.18 Å². The quantitative estimate of drug-likeness (QED) is 0.733. The van der Waals surface area contributed by atoms with Crippen LogP contribution in [0.1, 0.15) is 69.0 Å². The summed E-state index contributed by atoms with van der Waals surface area (Å²) in [5, 5.41) is 6.19. The van der Waals surface area contributed by atoms with E-state index in [0.29, 0.717) is 44.1 Å². The number of carbonyl (C=O) groups is 2. The highest BCUT2D eigenvalue weighted by molar-refractivity contribution is 5.95. The summed E-state index contributed by atoms with van der Waals surface area (Å²) in [5.74, 6) is -0.460. The van der Waals surface area contributed by atoms with Crippen LogP contribution in [0.3, 0.4) is 0 Å². The minimum absolute atomic E-state index is 0.0489. The number of alkyl halides is 1. The van der Waals surface area contributed by atoms with E-state index < -0.39 is 12.2 Å². The van der Waals surface area contributed by atoms with E-state index in [4.69, 9.17) is 0 Å². The second-order valence-electron chi connectivity index (χ2n) is 9.85. The van der Waals surface area contributed by atoms with Crippen LogP contribution in [0.5, 0.6) is 0 Å². The zero-order valence-corrected chi connectivity index (χ0v) is 19.6. The maximum absolute atomic E-state index is 13.3. The Labute approximate surface area is 193 Å². The number of nitrogens with zero attached hydrogens (tertiary/aromatic N) is 2. The van der Waals surface area contributed by atoms with Crippen LogP contribution in [0.15, 0.2) is 23.1 Å². The largest absolute Gasteiger partial charge is 0.335 e. The highest BCUT2D eigenvalue weighted by Crippen LogP contribution is 2.40. The fourth-order valence-corrected chi connectivity index (χ4v) is 5.38. The lowest BCUT2D eigenvalue weighted by molar-refractivity contribution is -0.125. The zero-order chi connectivity index (χ0) is 23.7. The van der Waals surface area contributed by atoms with Gasteiger partial charge in [0.25, 0.3) is 5.56 Å². The second-order valence-corrected chi connectivity index (χ2v) is 9.85. The highest BCUT2D eigenvalue weighted by Gasteiger charge is 2.35. The van der Waals surface area contributed by atoms with Gasteiger partial charge in [0.05, 0.1) is 5.52 Å². The number of halogens is 1. The number of imide groups is 1. The van der Waals surface area contributed by atoms with Crippen molar-refractivity contribution >= 4 is 22.8 Å². The molecule has 0 bridgehead atoms. The van der Waals surface area contributed by atoms with Gasteiger partial charge in [0.15, 0.2) is 0 Å². The summed E-state index contributed by atoms with van der Waals surface area (Å²) in [5.41, 5.74) is 2.34. The van der Waals surface area contributed by atoms with Gasteiger partial charge < -0.3 is 9.88 Å². The number of urea groups is 1. The van der Waals surface area contributed by atoms with Crippen molar-refractivity contribution in [2.75, 3.05) is 0 Å². The summed E-state index contributed by atoms with van der Waals surface area (Å²) in [6.07, 6.45) is 5.05. The first-order valence-corrected chi connectivity index (χ1v) is 11.9. The molecule has 3 amide bonds. The topological polar surface area (TPSA) is 93.1 Å². The molecular weight excluding hydrogens is 423 g/mol. The SMILES string of the molecule is Cc1cc2c(cn1)cc(C1CC(C(=O)NC(=O)NC3CCC(F)CC3)CCC1C)c(=O)n2C. The minimum atomic E-state index is -0.795. The third-order valence-electron chi connectivity index (χ3n) is 7.47. The van der Waals surface area contributed by atoms with Crippen molar-refractivity contribution in [1.29, 1.82) is 0 Å².